The molecule has 0 saturated heterocycles. The molecule has 0 spiro atoms. The minimum absolute atomic E-state index is 0.259. The van der Waals surface area contributed by atoms with Gasteiger partial charge in [-0.3, -0.25) is 0 Å². The van der Waals surface area contributed by atoms with E-state index in [-0.39, 0.29) is 6.10 Å². The average Bonchev–Trinajstić information content (AvgIpc) is 1.94. The fraction of sp³-hybridized carbons (Fsp3) is 0.667. The van der Waals surface area contributed by atoms with E-state index in [4.69, 9.17) is 5.11 Å². The van der Waals surface area contributed by atoms with Crippen molar-refractivity contribution >= 4 is 0 Å². The number of hydrogen-bond donors (Lipinski definition) is 2. The zero-order chi connectivity index (χ0) is 5.82. The second kappa shape index (κ2) is 2.71. The second-order valence-electron chi connectivity index (χ2n) is 1.84. The van der Waals surface area contributed by atoms with Gasteiger partial charge in [0.15, 0.2) is 0 Å². The van der Waals surface area contributed by atoms with Crippen LogP contribution in [-0.4, -0.2) is 24.3 Å². The normalized spacial score (nSPS) is 27.9. The van der Waals surface area contributed by atoms with Gasteiger partial charge in [-0.1, -0.05) is 11.8 Å². The molecule has 0 bridgehead atoms. The number of aliphatic hydroxyl groups is 1. The van der Waals surface area contributed by atoms with E-state index in [1.165, 1.54) is 0 Å². The van der Waals surface area contributed by atoms with Gasteiger partial charge in [0.05, 0.1) is 12.6 Å². The molecule has 2 nitrogen and oxygen atoms in total. The summed E-state index contributed by atoms with van der Waals surface area (Å²) in [4.78, 5) is 0. The van der Waals surface area contributed by atoms with Crippen molar-refractivity contribution in [3.8, 4) is 11.8 Å². The molecule has 0 amide bonds. The van der Waals surface area contributed by atoms with Crippen LogP contribution in [0.15, 0.2) is 0 Å². The SMILES string of the molecule is OC1CC#CCNC1. The zero-order valence-corrected chi connectivity index (χ0v) is 4.65. The molecule has 0 aromatic heterocycles. The summed E-state index contributed by atoms with van der Waals surface area (Å²) >= 11 is 0. The molecule has 1 atom stereocenters. The molecule has 0 fully saturated rings. The molecule has 1 heterocycles. The summed E-state index contributed by atoms with van der Waals surface area (Å²) in [6, 6.07) is 0. The quantitative estimate of drug-likeness (QED) is 0.407. The summed E-state index contributed by atoms with van der Waals surface area (Å²) in [5, 5.41) is 11.9. The van der Waals surface area contributed by atoms with Gasteiger partial charge in [0, 0.05) is 13.0 Å². The van der Waals surface area contributed by atoms with Gasteiger partial charge in [0.1, 0.15) is 0 Å². The number of aliphatic hydroxyl groups excluding tert-OH is 1. The van der Waals surface area contributed by atoms with E-state index in [1.54, 1.807) is 0 Å². The first-order chi connectivity index (χ1) is 3.89. The van der Waals surface area contributed by atoms with Crippen LogP contribution >= 0.6 is 0 Å². The number of β-amino-alcohol motifs (C(OH)–C–C–N with tert-alkyl or cyclic N) is 1. The van der Waals surface area contributed by atoms with E-state index in [9.17, 15) is 0 Å². The van der Waals surface area contributed by atoms with E-state index in [1.807, 2.05) is 0 Å². The van der Waals surface area contributed by atoms with E-state index < -0.39 is 0 Å². The molecular formula is C6H9NO. The van der Waals surface area contributed by atoms with Crippen LogP contribution in [0.2, 0.25) is 0 Å². The summed E-state index contributed by atoms with van der Waals surface area (Å²) in [5.41, 5.74) is 0. The highest BCUT2D eigenvalue weighted by molar-refractivity contribution is 5.04. The van der Waals surface area contributed by atoms with Crippen LogP contribution in [-0.2, 0) is 0 Å². The van der Waals surface area contributed by atoms with Gasteiger partial charge in [-0.05, 0) is 0 Å². The fourth-order valence-corrected chi connectivity index (χ4v) is 0.626. The van der Waals surface area contributed by atoms with E-state index in [0.29, 0.717) is 13.0 Å². The summed E-state index contributed by atoms with van der Waals surface area (Å²) < 4.78 is 0. The molecule has 0 saturated carbocycles. The molecule has 8 heavy (non-hydrogen) atoms. The molecular weight excluding hydrogens is 102 g/mol. The van der Waals surface area contributed by atoms with Gasteiger partial charge < -0.3 is 10.4 Å². The van der Waals surface area contributed by atoms with Crippen molar-refractivity contribution in [2.75, 3.05) is 13.1 Å². The Kier molecular flexibility index (Phi) is 1.90. The zero-order valence-electron chi connectivity index (χ0n) is 4.65. The predicted molar refractivity (Wildman–Crippen MR) is 31.3 cm³/mol. The van der Waals surface area contributed by atoms with Crippen LogP contribution in [0.25, 0.3) is 0 Å². The molecule has 1 rings (SSSR count). The van der Waals surface area contributed by atoms with Gasteiger partial charge in [-0.25, -0.2) is 0 Å². The van der Waals surface area contributed by atoms with Crippen LogP contribution < -0.4 is 5.32 Å². The van der Waals surface area contributed by atoms with Gasteiger partial charge in [0.2, 0.25) is 0 Å². The Morgan fingerprint density at radius 3 is 3.25 bits per heavy atom. The first-order valence-corrected chi connectivity index (χ1v) is 2.74. The van der Waals surface area contributed by atoms with Crippen LogP contribution in [0, 0.1) is 11.8 Å². The van der Waals surface area contributed by atoms with Gasteiger partial charge in [0.25, 0.3) is 0 Å². The second-order valence-corrected chi connectivity index (χ2v) is 1.84. The Hall–Kier alpha value is -0.520. The lowest BCUT2D eigenvalue weighted by Gasteiger charge is -2.02. The molecule has 2 heteroatoms. The Bertz CT molecular complexity index is 122. The Morgan fingerprint density at radius 2 is 2.38 bits per heavy atom. The van der Waals surface area contributed by atoms with Crippen LogP contribution in [0.1, 0.15) is 6.42 Å². The van der Waals surface area contributed by atoms with Gasteiger partial charge >= 0.3 is 0 Å². The monoisotopic (exact) mass is 111 g/mol. The van der Waals surface area contributed by atoms with Crippen LogP contribution in [0.3, 0.4) is 0 Å². The molecule has 2 N–H and O–H groups in total. The topological polar surface area (TPSA) is 32.3 Å². The fourth-order valence-electron chi connectivity index (χ4n) is 0.626. The minimum Gasteiger partial charge on any atom is -0.391 e. The van der Waals surface area contributed by atoms with E-state index in [0.717, 1.165) is 6.54 Å². The third-order valence-corrected chi connectivity index (χ3v) is 1.06. The summed E-state index contributed by atoms with van der Waals surface area (Å²) in [5.74, 6) is 5.69. The lowest BCUT2D eigenvalue weighted by atomic mass is 10.3. The molecule has 1 aliphatic rings. The Balaban J connectivity index is 2.35. The first-order valence-electron chi connectivity index (χ1n) is 2.74. The standard InChI is InChI=1S/C6H9NO/c8-6-3-1-2-4-7-5-6/h6-8H,3-5H2. The lowest BCUT2D eigenvalue weighted by molar-refractivity contribution is 0.180. The molecule has 0 aromatic carbocycles. The Labute approximate surface area is 48.9 Å². The van der Waals surface area contributed by atoms with Crippen molar-refractivity contribution in [1.29, 1.82) is 0 Å². The largest absolute Gasteiger partial charge is 0.391 e. The smallest absolute Gasteiger partial charge is 0.0773 e. The van der Waals surface area contributed by atoms with Gasteiger partial charge in [-0.2, -0.15) is 0 Å². The molecule has 1 aliphatic heterocycles. The van der Waals surface area contributed by atoms with Crippen molar-refractivity contribution in [3.63, 3.8) is 0 Å². The first kappa shape index (κ1) is 5.61. The summed E-state index contributed by atoms with van der Waals surface area (Å²) in [6.45, 7) is 1.39. The summed E-state index contributed by atoms with van der Waals surface area (Å²) in [7, 11) is 0. The lowest BCUT2D eigenvalue weighted by Crippen LogP contribution is -2.24. The highest BCUT2D eigenvalue weighted by Gasteiger charge is 2.01. The van der Waals surface area contributed by atoms with Crippen molar-refractivity contribution in [2.24, 2.45) is 0 Å². The number of rotatable bonds is 0. The Morgan fingerprint density at radius 1 is 1.50 bits per heavy atom. The molecule has 44 valence electrons. The van der Waals surface area contributed by atoms with Crippen molar-refractivity contribution in [1.82, 2.24) is 5.32 Å². The maximum Gasteiger partial charge on any atom is 0.0773 e. The summed E-state index contributed by atoms with van der Waals surface area (Å²) in [6.07, 6.45) is 0.359. The highest BCUT2D eigenvalue weighted by Crippen LogP contribution is 1.88. The molecule has 0 aromatic rings. The maximum atomic E-state index is 8.92. The molecule has 0 radical (unpaired) electrons. The van der Waals surface area contributed by atoms with Crippen LogP contribution in [0.5, 0.6) is 0 Å². The number of nitrogens with one attached hydrogen (secondary N) is 1. The van der Waals surface area contributed by atoms with Crippen molar-refractivity contribution in [3.05, 3.63) is 0 Å². The van der Waals surface area contributed by atoms with E-state index >= 15 is 0 Å². The third-order valence-electron chi connectivity index (χ3n) is 1.06. The minimum atomic E-state index is -0.259. The number of hydrogen-bond acceptors (Lipinski definition) is 2. The van der Waals surface area contributed by atoms with Crippen molar-refractivity contribution < 1.29 is 5.11 Å². The van der Waals surface area contributed by atoms with Crippen molar-refractivity contribution in [2.45, 2.75) is 12.5 Å². The third kappa shape index (κ3) is 1.53. The van der Waals surface area contributed by atoms with E-state index in [2.05, 4.69) is 17.2 Å². The molecule has 1 unspecified atom stereocenters. The van der Waals surface area contributed by atoms with Gasteiger partial charge in [-0.15, -0.1) is 0 Å². The van der Waals surface area contributed by atoms with Crippen LogP contribution in [0.4, 0.5) is 0 Å². The predicted octanol–water partition coefficient (Wildman–Crippen LogP) is -0.656. The maximum absolute atomic E-state index is 8.92. The highest BCUT2D eigenvalue weighted by atomic mass is 16.3. The molecule has 0 aliphatic carbocycles. The average molecular weight is 111 g/mol.